The quantitative estimate of drug-likeness (QED) is 0.937. The maximum atomic E-state index is 6.06. The van der Waals surface area contributed by atoms with Gasteiger partial charge in [0.25, 0.3) is 0 Å². The van der Waals surface area contributed by atoms with Crippen molar-refractivity contribution >= 4 is 0 Å². The summed E-state index contributed by atoms with van der Waals surface area (Å²) in [5.74, 6) is 0.892. The maximum Gasteiger partial charge on any atom is 0.119 e. The number of hydrogen-bond donors (Lipinski definition) is 1. The van der Waals surface area contributed by atoms with Gasteiger partial charge in [0, 0.05) is 25.7 Å². The van der Waals surface area contributed by atoms with Crippen molar-refractivity contribution in [1.82, 2.24) is 4.90 Å². The molecule has 3 rings (SSSR count). The smallest absolute Gasteiger partial charge is 0.119 e. The van der Waals surface area contributed by atoms with E-state index in [-0.39, 0.29) is 6.04 Å². The van der Waals surface area contributed by atoms with Gasteiger partial charge < -0.3 is 10.5 Å². The Bertz CT molecular complexity index is 612. The van der Waals surface area contributed by atoms with Crippen molar-refractivity contribution in [1.29, 1.82) is 0 Å². The molecule has 110 valence electrons. The van der Waals surface area contributed by atoms with Crippen LogP contribution < -0.4 is 10.5 Å². The summed E-state index contributed by atoms with van der Waals surface area (Å²) in [5, 5.41) is 0. The fraction of sp³-hybridized carbons (Fsp3) is 0.333. The molecule has 0 bridgehead atoms. The molecule has 3 nitrogen and oxygen atoms in total. The molecule has 3 heteroatoms. The second kappa shape index (κ2) is 6.29. The summed E-state index contributed by atoms with van der Waals surface area (Å²) < 4.78 is 5.33. The zero-order valence-corrected chi connectivity index (χ0v) is 12.5. The van der Waals surface area contributed by atoms with E-state index in [1.165, 1.54) is 16.7 Å². The normalized spacial score (nSPS) is 16.3. The highest BCUT2D eigenvalue weighted by atomic mass is 16.5. The van der Waals surface area contributed by atoms with Crippen LogP contribution in [0, 0.1) is 0 Å². The van der Waals surface area contributed by atoms with Gasteiger partial charge in [-0.2, -0.15) is 0 Å². The molecule has 1 aliphatic heterocycles. The molecule has 2 aromatic carbocycles. The fourth-order valence-corrected chi connectivity index (χ4v) is 3.13. The molecular formula is C18H22N2O. The highest BCUT2D eigenvalue weighted by Gasteiger charge is 2.23. The zero-order chi connectivity index (χ0) is 14.7. The van der Waals surface area contributed by atoms with E-state index in [9.17, 15) is 0 Å². The Balaban J connectivity index is 1.84. The minimum atomic E-state index is 0.244. The molecule has 0 radical (unpaired) electrons. The van der Waals surface area contributed by atoms with E-state index in [1.807, 2.05) is 12.1 Å². The molecule has 0 aromatic heterocycles. The number of nitrogens with zero attached hydrogens (tertiary/aromatic N) is 1. The molecular weight excluding hydrogens is 260 g/mol. The van der Waals surface area contributed by atoms with E-state index in [2.05, 4.69) is 41.3 Å². The monoisotopic (exact) mass is 282 g/mol. The minimum Gasteiger partial charge on any atom is -0.497 e. The average Bonchev–Trinajstić information content (AvgIpc) is 2.56. The summed E-state index contributed by atoms with van der Waals surface area (Å²) in [6.45, 7) is 2.64. The van der Waals surface area contributed by atoms with Crippen molar-refractivity contribution in [2.24, 2.45) is 5.73 Å². The van der Waals surface area contributed by atoms with Gasteiger partial charge in [-0.1, -0.05) is 36.4 Å². The SMILES string of the molecule is COc1cccc(C(CN)N2CCc3ccccc3C2)c1. The zero-order valence-electron chi connectivity index (χ0n) is 12.5. The summed E-state index contributed by atoms with van der Waals surface area (Å²) in [4.78, 5) is 2.47. The van der Waals surface area contributed by atoms with Gasteiger partial charge in [-0.3, -0.25) is 4.90 Å². The molecule has 1 aliphatic rings. The third kappa shape index (κ3) is 2.94. The largest absolute Gasteiger partial charge is 0.497 e. The van der Waals surface area contributed by atoms with Crippen molar-refractivity contribution in [3.05, 3.63) is 65.2 Å². The van der Waals surface area contributed by atoms with Gasteiger partial charge in [-0.25, -0.2) is 0 Å². The van der Waals surface area contributed by atoms with Gasteiger partial charge >= 0.3 is 0 Å². The molecule has 0 fully saturated rings. The second-order valence-electron chi connectivity index (χ2n) is 5.52. The van der Waals surface area contributed by atoms with Gasteiger partial charge in [0.15, 0.2) is 0 Å². The first-order chi connectivity index (χ1) is 10.3. The number of rotatable bonds is 4. The molecule has 0 spiro atoms. The van der Waals surface area contributed by atoms with Crippen LogP contribution in [-0.4, -0.2) is 25.1 Å². The van der Waals surface area contributed by atoms with Crippen LogP contribution in [0.25, 0.3) is 0 Å². The molecule has 0 saturated heterocycles. The average molecular weight is 282 g/mol. The first-order valence-corrected chi connectivity index (χ1v) is 7.46. The lowest BCUT2D eigenvalue weighted by atomic mass is 9.96. The summed E-state index contributed by atoms with van der Waals surface area (Å²) >= 11 is 0. The van der Waals surface area contributed by atoms with Crippen LogP contribution >= 0.6 is 0 Å². The summed E-state index contributed by atoms with van der Waals surface area (Å²) in [5.41, 5.74) is 10.2. The lowest BCUT2D eigenvalue weighted by Gasteiger charge is -2.35. The van der Waals surface area contributed by atoms with Gasteiger partial charge in [-0.05, 0) is 35.2 Å². The van der Waals surface area contributed by atoms with Gasteiger partial charge in [0.05, 0.1) is 7.11 Å². The number of methoxy groups -OCH3 is 1. The van der Waals surface area contributed by atoms with Crippen molar-refractivity contribution in [2.45, 2.75) is 19.0 Å². The first kappa shape index (κ1) is 14.1. The van der Waals surface area contributed by atoms with Gasteiger partial charge in [-0.15, -0.1) is 0 Å². The first-order valence-electron chi connectivity index (χ1n) is 7.46. The third-order valence-corrected chi connectivity index (χ3v) is 4.30. The van der Waals surface area contributed by atoms with Crippen molar-refractivity contribution < 1.29 is 4.74 Å². The molecule has 0 aliphatic carbocycles. The Labute approximate surface area is 126 Å². The summed E-state index contributed by atoms with van der Waals surface area (Å²) in [7, 11) is 1.70. The fourth-order valence-electron chi connectivity index (χ4n) is 3.13. The van der Waals surface area contributed by atoms with Crippen molar-refractivity contribution in [3.63, 3.8) is 0 Å². The maximum absolute atomic E-state index is 6.06. The standard InChI is InChI=1S/C18H22N2O/c1-21-17-8-4-7-15(11-17)18(12-19)20-10-9-14-5-2-3-6-16(14)13-20/h2-8,11,18H,9-10,12-13,19H2,1H3. The Hall–Kier alpha value is -1.84. The molecule has 21 heavy (non-hydrogen) atoms. The van der Waals surface area contributed by atoms with Crippen LogP contribution in [0.1, 0.15) is 22.7 Å². The molecule has 2 N–H and O–H groups in total. The Morgan fingerprint density at radius 2 is 1.95 bits per heavy atom. The van der Waals surface area contributed by atoms with Crippen molar-refractivity contribution in [2.75, 3.05) is 20.2 Å². The molecule has 1 heterocycles. The highest BCUT2D eigenvalue weighted by molar-refractivity contribution is 5.33. The minimum absolute atomic E-state index is 0.244. The number of fused-ring (bicyclic) bond motifs is 1. The molecule has 2 aromatic rings. The van der Waals surface area contributed by atoms with Gasteiger partial charge in [0.1, 0.15) is 5.75 Å². The van der Waals surface area contributed by atoms with Crippen LogP contribution in [0.15, 0.2) is 48.5 Å². The number of benzene rings is 2. The molecule has 0 amide bonds. The van der Waals surface area contributed by atoms with E-state index < -0.39 is 0 Å². The lowest BCUT2D eigenvalue weighted by molar-refractivity contribution is 0.183. The third-order valence-electron chi connectivity index (χ3n) is 4.30. The Morgan fingerprint density at radius 1 is 1.14 bits per heavy atom. The second-order valence-corrected chi connectivity index (χ2v) is 5.52. The van der Waals surface area contributed by atoms with E-state index in [4.69, 9.17) is 10.5 Å². The number of hydrogen-bond acceptors (Lipinski definition) is 3. The Kier molecular flexibility index (Phi) is 4.23. The molecule has 0 saturated carbocycles. The van der Waals surface area contributed by atoms with E-state index >= 15 is 0 Å². The Morgan fingerprint density at radius 3 is 2.71 bits per heavy atom. The molecule has 1 unspecified atom stereocenters. The predicted octanol–water partition coefficient (Wildman–Crippen LogP) is 2.75. The highest BCUT2D eigenvalue weighted by Crippen LogP contribution is 2.28. The van der Waals surface area contributed by atoms with Crippen LogP contribution in [-0.2, 0) is 13.0 Å². The van der Waals surface area contributed by atoms with Gasteiger partial charge in [0.2, 0.25) is 0 Å². The number of ether oxygens (including phenoxy) is 1. The van der Waals surface area contributed by atoms with Crippen LogP contribution in [0.5, 0.6) is 5.75 Å². The van der Waals surface area contributed by atoms with Crippen molar-refractivity contribution in [3.8, 4) is 5.75 Å². The van der Waals surface area contributed by atoms with Crippen LogP contribution in [0.4, 0.5) is 0 Å². The summed E-state index contributed by atoms with van der Waals surface area (Å²) in [6, 6.07) is 17.2. The van der Waals surface area contributed by atoms with Crippen LogP contribution in [0.2, 0.25) is 0 Å². The lowest BCUT2D eigenvalue weighted by Crippen LogP contribution is -2.37. The predicted molar refractivity (Wildman–Crippen MR) is 85.3 cm³/mol. The van der Waals surface area contributed by atoms with E-state index in [1.54, 1.807) is 7.11 Å². The topological polar surface area (TPSA) is 38.5 Å². The van der Waals surface area contributed by atoms with E-state index in [0.717, 1.165) is 25.3 Å². The molecule has 1 atom stereocenters. The summed E-state index contributed by atoms with van der Waals surface area (Å²) in [6.07, 6.45) is 1.09. The van der Waals surface area contributed by atoms with Crippen LogP contribution in [0.3, 0.4) is 0 Å². The number of nitrogens with two attached hydrogens (primary N) is 1. The van der Waals surface area contributed by atoms with E-state index in [0.29, 0.717) is 6.54 Å².